The molecule has 1 aromatic heterocycles. The van der Waals surface area contributed by atoms with Crippen molar-refractivity contribution in [2.24, 2.45) is 5.92 Å². The lowest BCUT2D eigenvalue weighted by molar-refractivity contribution is 0.0593. The molecule has 1 heterocycles. The summed E-state index contributed by atoms with van der Waals surface area (Å²) in [5.74, 6) is 0.909. The summed E-state index contributed by atoms with van der Waals surface area (Å²) in [6.07, 6.45) is 5.36. The zero-order valence-electron chi connectivity index (χ0n) is 9.43. The average Bonchev–Trinajstić information content (AvgIpc) is 3.07. The fraction of sp³-hybridized carbons (Fsp3) is 0.545. The zero-order valence-corrected chi connectivity index (χ0v) is 9.43. The van der Waals surface area contributed by atoms with Crippen LogP contribution in [0.25, 0.3) is 0 Å². The summed E-state index contributed by atoms with van der Waals surface area (Å²) in [6, 6.07) is 0.479. The quantitative estimate of drug-likeness (QED) is 0.780. The van der Waals surface area contributed by atoms with E-state index in [4.69, 9.17) is 0 Å². The number of carbonyl (C=O) groups excluding carboxylic acids is 1. The van der Waals surface area contributed by atoms with E-state index in [1.807, 2.05) is 0 Å². The molecule has 0 spiro atoms. The molecule has 5 nitrogen and oxygen atoms in total. The molecule has 0 aromatic carbocycles. The normalized spacial score (nSPS) is 22.6. The number of nitrogens with one attached hydrogen (secondary N) is 1. The van der Waals surface area contributed by atoms with E-state index in [1.165, 1.54) is 26.1 Å². The van der Waals surface area contributed by atoms with Gasteiger partial charge in [0, 0.05) is 6.04 Å². The number of nitrogens with zero attached hydrogens (tertiary/aromatic N) is 2. The first-order valence-electron chi connectivity index (χ1n) is 5.41. The van der Waals surface area contributed by atoms with Crippen LogP contribution >= 0.6 is 0 Å². The van der Waals surface area contributed by atoms with Crippen LogP contribution in [-0.2, 0) is 4.74 Å². The minimum atomic E-state index is -0.459. The Bertz CT molecular complexity index is 395. The Morgan fingerprint density at radius 2 is 2.44 bits per heavy atom. The van der Waals surface area contributed by atoms with Crippen molar-refractivity contribution >= 4 is 11.8 Å². The van der Waals surface area contributed by atoms with Gasteiger partial charge in [-0.15, -0.1) is 0 Å². The number of rotatable bonds is 4. The van der Waals surface area contributed by atoms with Crippen molar-refractivity contribution in [1.82, 2.24) is 9.97 Å². The third-order valence-corrected chi connectivity index (χ3v) is 2.81. The summed E-state index contributed by atoms with van der Waals surface area (Å²) in [5.41, 5.74) is 0.237. The number of esters is 1. The van der Waals surface area contributed by atoms with Crippen molar-refractivity contribution in [2.75, 3.05) is 12.4 Å². The highest BCUT2D eigenvalue weighted by atomic mass is 16.5. The lowest BCUT2D eigenvalue weighted by Gasteiger charge is -2.05. The van der Waals surface area contributed by atoms with Crippen molar-refractivity contribution in [2.45, 2.75) is 25.8 Å². The lowest BCUT2D eigenvalue weighted by atomic mass is 10.3. The molecule has 2 rings (SSSR count). The van der Waals surface area contributed by atoms with Gasteiger partial charge in [0.2, 0.25) is 0 Å². The Balaban J connectivity index is 2.02. The highest BCUT2D eigenvalue weighted by Gasteiger charge is 2.35. The second-order valence-corrected chi connectivity index (χ2v) is 3.94. The van der Waals surface area contributed by atoms with Crippen LogP contribution in [0.1, 0.15) is 30.3 Å². The van der Waals surface area contributed by atoms with Crippen molar-refractivity contribution < 1.29 is 9.53 Å². The molecule has 86 valence electrons. The molecule has 2 unspecified atom stereocenters. The Hall–Kier alpha value is -1.65. The highest BCUT2D eigenvalue weighted by Crippen LogP contribution is 2.35. The molecule has 0 saturated heterocycles. The zero-order chi connectivity index (χ0) is 11.5. The summed E-state index contributed by atoms with van der Waals surface area (Å²) in [6.45, 7) is 2.17. The summed E-state index contributed by atoms with van der Waals surface area (Å²) in [5, 5.41) is 3.25. The summed E-state index contributed by atoms with van der Waals surface area (Å²) >= 11 is 0. The largest absolute Gasteiger partial charge is 0.464 e. The van der Waals surface area contributed by atoms with E-state index in [9.17, 15) is 4.79 Å². The molecule has 0 radical (unpaired) electrons. The van der Waals surface area contributed by atoms with Crippen LogP contribution in [0.5, 0.6) is 0 Å². The van der Waals surface area contributed by atoms with Gasteiger partial charge in [0.05, 0.1) is 19.5 Å². The maximum absolute atomic E-state index is 11.2. The van der Waals surface area contributed by atoms with Gasteiger partial charge in [0.1, 0.15) is 5.82 Å². The number of carbonyl (C=O) groups is 1. The van der Waals surface area contributed by atoms with Gasteiger partial charge in [-0.1, -0.05) is 13.3 Å². The van der Waals surface area contributed by atoms with Crippen molar-refractivity contribution in [1.29, 1.82) is 0 Å². The molecular formula is C11H15N3O2. The van der Waals surface area contributed by atoms with Crippen LogP contribution in [0.3, 0.4) is 0 Å². The Kier molecular flexibility index (Phi) is 3.03. The third kappa shape index (κ3) is 2.29. The van der Waals surface area contributed by atoms with Gasteiger partial charge in [-0.2, -0.15) is 0 Å². The number of ether oxygens (including phenoxy) is 1. The summed E-state index contributed by atoms with van der Waals surface area (Å²) in [7, 11) is 1.33. The van der Waals surface area contributed by atoms with E-state index in [0.29, 0.717) is 11.9 Å². The molecule has 16 heavy (non-hydrogen) atoms. The maximum atomic E-state index is 11.2. The molecule has 0 bridgehead atoms. The van der Waals surface area contributed by atoms with Crippen molar-refractivity contribution in [3.05, 3.63) is 18.1 Å². The monoisotopic (exact) mass is 221 g/mol. The molecule has 0 amide bonds. The molecule has 1 aliphatic rings. The van der Waals surface area contributed by atoms with Crippen LogP contribution < -0.4 is 5.32 Å². The second kappa shape index (κ2) is 4.47. The molecule has 1 aromatic rings. The fourth-order valence-electron chi connectivity index (χ4n) is 1.70. The molecule has 1 aliphatic carbocycles. The van der Waals surface area contributed by atoms with Crippen LogP contribution in [-0.4, -0.2) is 29.1 Å². The van der Waals surface area contributed by atoms with Gasteiger partial charge in [-0.05, 0) is 12.3 Å². The molecule has 0 aliphatic heterocycles. The van der Waals surface area contributed by atoms with E-state index >= 15 is 0 Å². The summed E-state index contributed by atoms with van der Waals surface area (Å²) < 4.78 is 4.58. The topological polar surface area (TPSA) is 64.1 Å². The van der Waals surface area contributed by atoms with E-state index in [2.05, 4.69) is 26.9 Å². The number of aromatic nitrogens is 2. The molecular weight excluding hydrogens is 206 g/mol. The third-order valence-electron chi connectivity index (χ3n) is 2.81. The SMILES string of the molecule is CCC1CC1Nc1cncc(C(=O)OC)n1. The van der Waals surface area contributed by atoms with Gasteiger partial charge >= 0.3 is 5.97 Å². The number of hydrogen-bond donors (Lipinski definition) is 1. The first kappa shape index (κ1) is 10.9. The molecule has 5 heteroatoms. The number of anilines is 1. The first-order chi connectivity index (χ1) is 7.74. The highest BCUT2D eigenvalue weighted by molar-refractivity contribution is 5.87. The van der Waals surface area contributed by atoms with Gasteiger partial charge in [-0.3, -0.25) is 4.98 Å². The maximum Gasteiger partial charge on any atom is 0.358 e. The first-order valence-corrected chi connectivity index (χ1v) is 5.41. The lowest BCUT2D eigenvalue weighted by Crippen LogP contribution is -2.10. The van der Waals surface area contributed by atoms with E-state index < -0.39 is 5.97 Å². The fourth-order valence-corrected chi connectivity index (χ4v) is 1.70. The van der Waals surface area contributed by atoms with Crippen molar-refractivity contribution in [3.63, 3.8) is 0 Å². The molecule has 1 N–H and O–H groups in total. The van der Waals surface area contributed by atoms with Crippen LogP contribution in [0.2, 0.25) is 0 Å². The minimum absolute atomic E-state index is 0.237. The van der Waals surface area contributed by atoms with E-state index in [1.54, 1.807) is 6.20 Å². The summed E-state index contributed by atoms with van der Waals surface area (Å²) in [4.78, 5) is 19.3. The standard InChI is InChI=1S/C11H15N3O2/c1-3-7-4-8(7)13-10-6-12-5-9(14-10)11(15)16-2/h5-8H,3-4H2,1-2H3,(H,13,14). The molecule has 1 saturated carbocycles. The van der Waals surface area contributed by atoms with Gasteiger partial charge in [0.15, 0.2) is 5.69 Å². The molecule has 2 atom stereocenters. The Morgan fingerprint density at radius 3 is 3.06 bits per heavy atom. The Labute approximate surface area is 94.2 Å². The van der Waals surface area contributed by atoms with Gasteiger partial charge in [-0.25, -0.2) is 9.78 Å². The second-order valence-electron chi connectivity index (χ2n) is 3.94. The van der Waals surface area contributed by atoms with Crippen molar-refractivity contribution in [3.8, 4) is 0 Å². The van der Waals surface area contributed by atoms with Gasteiger partial charge in [0.25, 0.3) is 0 Å². The number of methoxy groups -OCH3 is 1. The minimum Gasteiger partial charge on any atom is -0.464 e. The predicted molar refractivity (Wildman–Crippen MR) is 59.2 cm³/mol. The predicted octanol–water partition coefficient (Wildman–Crippen LogP) is 1.47. The smallest absolute Gasteiger partial charge is 0.358 e. The van der Waals surface area contributed by atoms with E-state index in [0.717, 1.165) is 5.92 Å². The number of hydrogen-bond acceptors (Lipinski definition) is 5. The molecule has 1 fully saturated rings. The van der Waals surface area contributed by atoms with Crippen LogP contribution in [0.15, 0.2) is 12.4 Å². The van der Waals surface area contributed by atoms with E-state index in [-0.39, 0.29) is 5.69 Å². The average molecular weight is 221 g/mol. The van der Waals surface area contributed by atoms with Gasteiger partial charge < -0.3 is 10.1 Å². The van der Waals surface area contributed by atoms with Crippen LogP contribution in [0.4, 0.5) is 5.82 Å². The van der Waals surface area contributed by atoms with Crippen LogP contribution in [0, 0.1) is 5.92 Å². The Morgan fingerprint density at radius 1 is 1.62 bits per heavy atom.